The molecule has 1 unspecified atom stereocenters. The largest absolute Gasteiger partial charge is 0.466 e. The van der Waals surface area contributed by atoms with Crippen LogP contribution >= 0.6 is 0 Å². The van der Waals surface area contributed by atoms with Crippen LogP contribution < -0.4 is 10.6 Å². The van der Waals surface area contributed by atoms with Crippen molar-refractivity contribution in [2.75, 3.05) is 45.3 Å². The van der Waals surface area contributed by atoms with Crippen molar-refractivity contribution in [2.24, 2.45) is 5.73 Å². The van der Waals surface area contributed by atoms with Gasteiger partial charge in [-0.05, 0) is 35.9 Å². The number of nitrogens with two attached hydrogens (primary N) is 1. The van der Waals surface area contributed by atoms with Crippen molar-refractivity contribution in [2.45, 2.75) is 10.8 Å². The van der Waals surface area contributed by atoms with Crippen molar-refractivity contribution in [3.8, 4) is 6.07 Å². The van der Waals surface area contributed by atoms with Crippen LogP contribution in [0.1, 0.15) is 21.8 Å². The highest BCUT2D eigenvalue weighted by Crippen LogP contribution is 2.43. The number of sulfonamides is 1. The zero-order chi connectivity index (χ0) is 33.0. The molecule has 3 aromatic rings. The molecule has 0 aromatic heterocycles. The first-order valence-corrected chi connectivity index (χ1v) is 15.7. The Labute approximate surface area is 266 Å². The van der Waals surface area contributed by atoms with Gasteiger partial charge >= 0.3 is 11.9 Å². The maximum Gasteiger partial charge on any atom is 0.355 e. The number of carbonyl (C=O) groups excluding carboxylic acids is 3. The van der Waals surface area contributed by atoms with Crippen molar-refractivity contribution in [3.05, 3.63) is 119 Å². The Morgan fingerprint density at radius 3 is 2.04 bits per heavy atom. The Kier molecular flexibility index (Phi) is 9.22. The van der Waals surface area contributed by atoms with E-state index in [9.17, 15) is 28.1 Å². The summed E-state index contributed by atoms with van der Waals surface area (Å²) >= 11 is 0. The number of rotatable bonds is 7. The number of allylic oxidation sites excluding steroid dienone is 1. The molecule has 3 aromatic carbocycles. The summed E-state index contributed by atoms with van der Waals surface area (Å²) in [6, 6.07) is 25.0. The number of hydrogen-bond acceptors (Lipinski definition) is 10. The van der Waals surface area contributed by atoms with Crippen LogP contribution in [0.5, 0.6) is 0 Å². The molecule has 2 heterocycles. The number of methoxy groups -OCH3 is 2. The lowest BCUT2D eigenvalue weighted by atomic mass is 9.81. The standard InChI is InChI=1S/C33H31N5O7S/c1-44-32(40)28-27(22-10-5-3-6-11-22)26(21-34)30(35)38(29(28)33(41)45-2)24-14-9-15-25(20-24)46(42,43)37-18-16-36(17-19-37)31(39)23-12-7-4-8-13-23/h3-15,20,27H,16-19,35H2,1-2H3. The summed E-state index contributed by atoms with van der Waals surface area (Å²) in [7, 11) is -1.81. The van der Waals surface area contributed by atoms with E-state index in [2.05, 4.69) is 6.07 Å². The van der Waals surface area contributed by atoms with Gasteiger partial charge in [0, 0.05) is 37.4 Å². The molecule has 1 saturated heterocycles. The van der Waals surface area contributed by atoms with E-state index in [0.717, 1.165) is 19.1 Å². The van der Waals surface area contributed by atoms with Crippen LogP contribution in [0.15, 0.2) is 112 Å². The van der Waals surface area contributed by atoms with E-state index in [1.807, 2.05) is 6.07 Å². The highest BCUT2D eigenvalue weighted by Gasteiger charge is 2.43. The first kappa shape index (κ1) is 32.0. The van der Waals surface area contributed by atoms with E-state index in [-0.39, 0.29) is 65.3 Å². The van der Waals surface area contributed by atoms with Crippen LogP contribution in [0, 0.1) is 11.3 Å². The van der Waals surface area contributed by atoms with E-state index < -0.39 is 27.9 Å². The molecule has 5 rings (SSSR count). The smallest absolute Gasteiger partial charge is 0.355 e. The van der Waals surface area contributed by atoms with Crippen LogP contribution in [0.25, 0.3) is 0 Å². The average Bonchev–Trinajstić information content (AvgIpc) is 3.10. The summed E-state index contributed by atoms with van der Waals surface area (Å²) in [6.07, 6.45) is 0. The first-order chi connectivity index (χ1) is 22.1. The molecule has 2 N–H and O–H groups in total. The van der Waals surface area contributed by atoms with Gasteiger partial charge in [-0.2, -0.15) is 9.57 Å². The minimum atomic E-state index is -4.08. The van der Waals surface area contributed by atoms with E-state index in [0.29, 0.717) is 11.1 Å². The molecule has 0 aliphatic carbocycles. The molecule has 12 nitrogen and oxygen atoms in total. The second-order valence-corrected chi connectivity index (χ2v) is 12.3. The fourth-order valence-electron chi connectivity index (χ4n) is 5.61. The molecule has 2 aliphatic rings. The molecule has 0 saturated carbocycles. The third-order valence-corrected chi connectivity index (χ3v) is 9.77. The Balaban J connectivity index is 1.54. The summed E-state index contributed by atoms with van der Waals surface area (Å²) in [5.74, 6) is -3.28. The third kappa shape index (κ3) is 5.83. The highest BCUT2D eigenvalue weighted by molar-refractivity contribution is 7.89. The van der Waals surface area contributed by atoms with E-state index in [4.69, 9.17) is 15.2 Å². The summed E-state index contributed by atoms with van der Waals surface area (Å²) in [6.45, 7) is 0.513. The minimum Gasteiger partial charge on any atom is -0.466 e. The third-order valence-electron chi connectivity index (χ3n) is 7.87. The molecule has 2 aliphatic heterocycles. The van der Waals surface area contributed by atoms with Crippen molar-refractivity contribution in [1.29, 1.82) is 5.26 Å². The number of hydrogen-bond donors (Lipinski definition) is 1. The van der Waals surface area contributed by atoms with Crippen molar-refractivity contribution >= 4 is 33.6 Å². The van der Waals surface area contributed by atoms with Crippen molar-refractivity contribution in [1.82, 2.24) is 9.21 Å². The van der Waals surface area contributed by atoms with Gasteiger partial charge in [0.05, 0.1) is 42.2 Å². The Morgan fingerprint density at radius 2 is 1.46 bits per heavy atom. The predicted octanol–water partition coefficient (Wildman–Crippen LogP) is 2.73. The van der Waals surface area contributed by atoms with Gasteiger partial charge in [0.25, 0.3) is 5.91 Å². The van der Waals surface area contributed by atoms with Gasteiger partial charge in [-0.25, -0.2) is 18.0 Å². The summed E-state index contributed by atoms with van der Waals surface area (Å²) in [4.78, 5) is 42.2. The topological polar surface area (TPSA) is 163 Å². The zero-order valence-electron chi connectivity index (χ0n) is 25.1. The summed E-state index contributed by atoms with van der Waals surface area (Å²) in [5.41, 5.74) is 7.12. The number of nitriles is 1. The summed E-state index contributed by atoms with van der Waals surface area (Å²) < 4.78 is 39.0. The van der Waals surface area contributed by atoms with Crippen molar-refractivity contribution < 1.29 is 32.3 Å². The fraction of sp³-hybridized carbons (Fsp3) is 0.212. The van der Waals surface area contributed by atoms with Crippen molar-refractivity contribution in [3.63, 3.8) is 0 Å². The van der Waals surface area contributed by atoms with E-state index in [1.54, 1.807) is 59.5 Å². The number of nitrogens with zero attached hydrogens (tertiary/aromatic N) is 4. The number of anilines is 1. The highest BCUT2D eigenvalue weighted by atomic mass is 32.2. The van der Waals surface area contributed by atoms with Crippen LogP contribution in [0.4, 0.5) is 5.69 Å². The molecular weight excluding hydrogens is 610 g/mol. The van der Waals surface area contributed by atoms with E-state index >= 15 is 0 Å². The second kappa shape index (κ2) is 13.3. The van der Waals surface area contributed by atoms with Gasteiger partial charge in [0.15, 0.2) is 0 Å². The monoisotopic (exact) mass is 641 g/mol. The molecule has 1 atom stereocenters. The normalized spacial score (nSPS) is 17.4. The maximum atomic E-state index is 13.8. The quantitative estimate of drug-likeness (QED) is 0.380. The molecule has 46 heavy (non-hydrogen) atoms. The van der Waals surface area contributed by atoms with Crippen LogP contribution in [-0.2, 0) is 29.1 Å². The number of ether oxygens (including phenoxy) is 2. The van der Waals surface area contributed by atoms with Gasteiger partial charge < -0.3 is 20.1 Å². The Morgan fingerprint density at radius 1 is 0.848 bits per heavy atom. The molecule has 0 radical (unpaired) electrons. The average molecular weight is 642 g/mol. The van der Waals surface area contributed by atoms with Crippen LogP contribution in [0.2, 0.25) is 0 Å². The summed E-state index contributed by atoms with van der Waals surface area (Å²) in [5, 5.41) is 10.3. The number of amides is 1. The van der Waals surface area contributed by atoms with Gasteiger partial charge in [-0.3, -0.25) is 9.69 Å². The molecule has 13 heteroatoms. The number of carbonyl (C=O) groups is 3. The van der Waals surface area contributed by atoms with Gasteiger partial charge in [0.2, 0.25) is 10.0 Å². The minimum absolute atomic E-state index is 0.0493. The van der Waals surface area contributed by atoms with Crippen LogP contribution in [0.3, 0.4) is 0 Å². The fourth-order valence-corrected chi connectivity index (χ4v) is 7.07. The number of benzene rings is 3. The van der Waals surface area contributed by atoms with E-state index in [1.165, 1.54) is 28.6 Å². The lowest BCUT2D eigenvalue weighted by Crippen LogP contribution is -2.50. The van der Waals surface area contributed by atoms with Crippen LogP contribution in [-0.4, -0.2) is 75.9 Å². The molecule has 1 amide bonds. The second-order valence-electron chi connectivity index (χ2n) is 10.4. The first-order valence-electron chi connectivity index (χ1n) is 14.2. The Bertz CT molecular complexity index is 1880. The SMILES string of the molecule is COC(=O)C1=C(C(=O)OC)N(c2cccc(S(=O)(=O)N3CCN(C(=O)c4ccccc4)CC3)c2)C(N)=C(C#N)C1c1ccccc1. The molecule has 0 spiro atoms. The Hall–Kier alpha value is -5.45. The molecule has 1 fully saturated rings. The van der Waals surface area contributed by atoms with Gasteiger partial charge in [-0.15, -0.1) is 0 Å². The molecule has 0 bridgehead atoms. The van der Waals surface area contributed by atoms with Gasteiger partial charge in [-0.1, -0.05) is 54.6 Å². The predicted molar refractivity (Wildman–Crippen MR) is 167 cm³/mol. The molecular formula is C33H31N5O7S. The lowest BCUT2D eigenvalue weighted by Gasteiger charge is -2.36. The number of esters is 2. The van der Waals surface area contributed by atoms with Gasteiger partial charge in [0.1, 0.15) is 11.5 Å². The maximum absolute atomic E-state index is 13.8. The number of piperazine rings is 1. The molecule has 236 valence electrons. The lowest BCUT2D eigenvalue weighted by molar-refractivity contribution is -0.139. The zero-order valence-corrected chi connectivity index (χ0v) is 25.9.